The molecule has 7 rings (SSSR count). The molecule has 17 heteroatoms. The van der Waals surface area contributed by atoms with Crippen LogP contribution >= 0.6 is 0 Å². The molecule has 2 N–H and O–H groups in total. The van der Waals surface area contributed by atoms with Crippen molar-refractivity contribution >= 4 is 28.7 Å². The quantitative estimate of drug-likeness (QED) is 0.263. The summed E-state index contributed by atoms with van der Waals surface area (Å²) in [5.74, 6) is -3.74. The number of halogens is 7. The van der Waals surface area contributed by atoms with E-state index >= 15 is 4.39 Å². The number of benzene rings is 1. The van der Waals surface area contributed by atoms with E-state index in [2.05, 4.69) is 36.8 Å². The molecule has 0 radical (unpaired) electrons. The number of fused-ring (bicyclic) bond motifs is 4. The van der Waals surface area contributed by atoms with Gasteiger partial charge in [0.1, 0.15) is 23.6 Å². The Hall–Kier alpha value is -4.28. The minimum absolute atomic E-state index is 0.0134. The Morgan fingerprint density at radius 3 is 2.15 bits per heavy atom. The number of pyridine rings is 1. The van der Waals surface area contributed by atoms with Gasteiger partial charge in [0, 0.05) is 30.9 Å². The number of aliphatic carboxylic acids is 2. The average Bonchev–Trinajstić information content (AvgIpc) is 3.74. The average molecular weight is 744 g/mol. The van der Waals surface area contributed by atoms with Gasteiger partial charge < -0.3 is 24.7 Å². The lowest BCUT2D eigenvalue weighted by Gasteiger charge is -2.33. The summed E-state index contributed by atoms with van der Waals surface area (Å²) in [6.07, 6.45) is -0.178. The van der Waals surface area contributed by atoms with Crippen molar-refractivity contribution in [1.82, 2.24) is 19.9 Å². The number of likely N-dealkylation sites (tertiary alicyclic amines) is 1. The summed E-state index contributed by atoms with van der Waals surface area (Å²) in [6.45, 7) is 8.01. The number of alkyl halides is 6. The molecule has 10 nitrogen and oxygen atoms in total. The number of ether oxygens (including phenoxy) is 1. The smallest absolute Gasteiger partial charge is 0.475 e. The van der Waals surface area contributed by atoms with Crippen LogP contribution in [-0.4, -0.2) is 93.7 Å². The molecule has 2 aromatic heterocycles. The molecule has 284 valence electrons. The maximum Gasteiger partial charge on any atom is 0.490 e. The monoisotopic (exact) mass is 743 g/mol. The van der Waals surface area contributed by atoms with E-state index in [1.54, 1.807) is 6.20 Å². The number of anilines is 1. The normalized spacial score (nSPS) is 22.3. The van der Waals surface area contributed by atoms with Gasteiger partial charge in [0.15, 0.2) is 5.82 Å². The summed E-state index contributed by atoms with van der Waals surface area (Å²) in [5, 5.41) is 14.9. The number of piperidine rings is 1. The number of carboxylic acid groups (broad SMARTS) is 2. The van der Waals surface area contributed by atoms with Crippen LogP contribution in [0.4, 0.5) is 36.6 Å². The van der Waals surface area contributed by atoms with Crippen molar-refractivity contribution in [2.45, 2.75) is 82.6 Å². The number of hydrogen-bond acceptors (Lipinski definition) is 8. The first kappa shape index (κ1) is 38.9. The Balaban J connectivity index is 0.000000318. The first-order chi connectivity index (χ1) is 24.3. The highest BCUT2D eigenvalue weighted by Crippen LogP contribution is 2.45. The third-order valence-corrected chi connectivity index (χ3v) is 10.2. The lowest BCUT2D eigenvalue weighted by atomic mass is 9.82. The van der Waals surface area contributed by atoms with Crippen LogP contribution in [0.1, 0.15) is 63.5 Å². The van der Waals surface area contributed by atoms with E-state index in [1.807, 2.05) is 12.1 Å². The van der Waals surface area contributed by atoms with E-state index in [0.717, 1.165) is 50.3 Å². The SMILES string of the molecule is CN1CCC[C@H]1COc1nc(N2CC3CCC(C3)C2)c2cnc(-c3cccc4c3C(C)(C)CC4)c(F)c2n1.O=C(O)C(F)(F)F.O=C(O)C(F)(F)F. The summed E-state index contributed by atoms with van der Waals surface area (Å²) in [6, 6.07) is 6.84. The van der Waals surface area contributed by atoms with Crippen LogP contribution in [0.3, 0.4) is 0 Å². The van der Waals surface area contributed by atoms with Crippen molar-refractivity contribution in [2.24, 2.45) is 11.8 Å². The van der Waals surface area contributed by atoms with E-state index < -0.39 is 24.3 Å². The molecule has 2 aliphatic heterocycles. The van der Waals surface area contributed by atoms with Gasteiger partial charge in [-0.25, -0.2) is 14.0 Å². The van der Waals surface area contributed by atoms with Gasteiger partial charge in [0.2, 0.25) is 0 Å². The van der Waals surface area contributed by atoms with E-state index in [9.17, 15) is 26.3 Å². The highest BCUT2D eigenvalue weighted by Gasteiger charge is 2.39. The highest BCUT2D eigenvalue weighted by molar-refractivity contribution is 5.92. The van der Waals surface area contributed by atoms with Gasteiger partial charge in [-0.3, -0.25) is 4.98 Å². The molecule has 2 aliphatic carbocycles. The fraction of sp³-hybridized carbons (Fsp3) is 0.571. The van der Waals surface area contributed by atoms with Gasteiger partial charge >= 0.3 is 30.3 Å². The van der Waals surface area contributed by atoms with Crippen LogP contribution in [0.15, 0.2) is 24.4 Å². The predicted octanol–water partition coefficient (Wildman–Crippen LogP) is 7.03. The summed E-state index contributed by atoms with van der Waals surface area (Å²) in [5.41, 5.74) is 4.09. The molecule has 3 atom stereocenters. The second-order valence-corrected chi connectivity index (χ2v) is 14.4. The Labute approximate surface area is 295 Å². The van der Waals surface area contributed by atoms with E-state index in [4.69, 9.17) is 39.5 Å². The first-order valence-corrected chi connectivity index (χ1v) is 16.9. The molecule has 0 amide bonds. The number of carboxylic acids is 2. The Kier molecular flexibility index (Phi) is 11.2. The number of nitrogens with zero attached hydrogens (tertiary/aromatic N) is 5. The first-order valence-electron chi connectivity index (χ1n) is 16.9. The third kappa shape index (κ3) is 8.67. The number of aryl methyl sites for hydroxylation is 1. The number of aromatic nitrogens is 3. The maximum atomic E-state index is 16.5. The lowest BCUT2D eigenvalue weighted by molar-refractivity contribution is -0.193. The van der Waals surface area contributed by atoms with Crippen LogP contribution in [0.5, 0.6) is 6.01 Å². The number of likely N-dealkylation sites (N-methyl/N-ethyl adjacent to an activating group) is 1. The standard InChI is InChI=1S/C31H38FN5O.2C2HF3O2/c1-31(2)12-11-21-6-4-8-23(25(21)31)27-26(32)28-24(15-33-27)29(37-16-19-9-10-20(14-19)17-37)35-30(34-28)38-18-22-7-5-13-36(22)3;2*3-2(4,5)1(6)7/h4,6,8,15,19-20,22H,5,7,9-14,16-18H2,1-3H3;2*(H,6,7)/t19?,20?,22-;;/m0../s1. The van der Waals surface area contributed by atoms with Crippen LogP contribution < -0.4 is 9.64 Å². The van der Waals surface area contributed by atoms with E-state index in [1.165, 1.54) is 36.8 Å². The maximum absolute atomic E-state index is 16.5. The third-order valence-electron chi connectivity index (χ3n) is 10.2. The summed E-state index contributed by atoms with van der Waals surface area (Å²) >= 11 is 0. The van der Waals surface area contributed by atoms with Crippen molar-refractivity contribution < 1.29 is 55.3 Å². The van der Waals surface area contributed by atoms with Gasteiger partial charge in [0.25, 0.3) is 0 Å². The molecule has 4 aliphatic rings. The second kappa shape index (κ2) is 15.0. The van der Waals surface area contributed by atoms with Crippen LogP contribution in [0, 0.1) is 17.7 Å². The molecule has 1 saturated carbocycles. The molecule has 0 spiro atoms. The fourth-order valence-electron chi connectivity index (χ4n) is 7.63. The van der Waals surface area contributed by atoms with Gasteiger partial charge in [-0.15, -0.1) is 0 Å². The Bertz CT molecular complexity index is 1770. The van der Waals surface area contributed by atoms with Crippen molar-refractivity contribution in [3.8, 4) is 17.3 Å². The van der Waals surface area contributed by atoms with Crippen molar-refractivity contribution in [1.29, 1.82) is 0 Å². The zero-order valence-corrected chi connectivity index (χ0v) is 28.8. The number of rotatable bonds is 5. The van der Waals surface area contributed by atoms with E-state index in [0.29, 0.717) is 41.1 Å². The summed E-state index contributed by atoms with van der Waals surface area (Å²) in [4.78, 5) is 36.8. The van der Waals surface area contributed by atoms with Gasteiger partial charge in [-0.1, -0.05) is 32.0 Å². The topological polar surface area (TPSA) is 129 Å². The Morgan fingerprint density at radius 1 is 0.981 bits per heavy atom. The zero-order valence-electron chi connectivity index (χ0n) is 28.8. The van der Waals surface area contributed by atoms with Gasteiger partial charge in [-0.2, -0.15) is 36.3 Å². The summed E-state index contributed by atoms with van der Waals surface area (Å²) in [7, 11) is 2.13. The predicted molar refractivity (Wildman–Crippen MR) is 176 cm³/mol. The fourth-order valence-corrected chi connectivity index (χ4v) is 7.63. The van der Waals surface area contributed by atoms with Gasteiger partial charge in [-0.05, 0) is 86.9 Å². The molecule has 2 unspecified atom stereocenters. The minimum Gasteiger partial charge on any atom is -0.475 e. The van der Waals surface area contributed by atoms with Gasteiger partial charge in [0.05, 0.1) is 5.39 Å². The van der Waals surface area contributed by atoms with Crippen molar-refractivity contribution in [2.75, 3.05) is 38.2 Å². The van der Waals surface area contributed by atoms with Crippen molar-refractivity contribution in [3.63, 3.8) is 0 Å². The second-order valence-electron chi connectivity index (χ2n) is 14.4. The van der Waals surface area contributed by atoms with Crippen LogP contribution in [0.25, 0.3) is 22.2 Å². The highest BCUT2D eigenvalue weighted by atomic mass is 19.4. The van der Waals surface area contributed by atoms with E-state index in [-0.39, 0.29) is 17.2 Å². The zero-order chi connectivity index (χ0) is 38.2. The molecule has 2 saturated heterocycles. The number of carbonyl (C=O) groups is 2. The Morgan fingerprint density at radius 2 is 1.60 bits per heavy atom. The number of hydrogen-bond donors (Lipinski definition) is 2. The van der Waals surface area contributed by atoms with Crippen LogP contribution in [0.2, 0.25) is 0 Å². The molecule has 3 aromatic rings. The van der Waals surface area contributed by atoms with Crippen molar-refractivity contribution in [3.05, 3.63) is 41.3 Å². The minimum atomic E-state index is -5.08. The molecular weight excluding hydrogens is 703 g/mol. The molecule has 3 fully saturated rings. The lowest BCUT2D eigenvalue weighted by Crippen LogP contribution is -2.37. The summed E-state index contributed by atoms with van der Waals surface area (Å²) < 4.78 is 86.2. The molecule has 1 aromatic carbocycles. The largest absolute Gasteiger partial charge is 0.490 e. The van der Waals surface area contributed by atoms with Crippen LogP contribution in [-0.2, 0) is 21.4 Å². The molecule has 4 heterocycles. The molecule has 52 heavy (non-hydrogen) atoms. The molecule has 2 bridgehead atoms. The molecular formula is C35H40F7N5O5.